The molecule has 0 saturated heterocycles. The summed E-state index contributed by atoms with van der Waals surface area (Å²) < 4.78 is 0. The van der Waals surface area contributed by atoms with Crippen LogP contribution in [-0.4, -0.2) is 0 Å². The smallest absolute Gasteiger partial charge is 0.0196 e. The van der Waals surface area contributed by atoms with Gasteiger partial charge in [-0.2, -0.15) is 0 Å². The first kappa shape index (κ1) is 20.8. The lowest BCUT2D eigenvalue weighted by molar-refractivity contribution is 0.167. The van der Waals surface area contributed by atoms with Gasteiger partial charge in [-0.05, 0) is 121 Å². The molecular weight excluding hydrogens is 360 g/mol. The van der Waals surface area contributed by atoms with Crippen molar-refractivity contribution in [3.63, 3.8) is 0 Å². The third kappa shape index (κ3) is 2.91. The maximum Gasteiger partial charge on any atom is -0.0196 e. The largest absolute Gasteiger partial charge is 0.103 e. The molecule has 0 aromatic carbocycles. The lowest BCUT2D eigenvalue weighted by Gasteiger charge is -2.33. The van der Waals surface area contributed by atoms with E-state index in [9.17, 15) is 0 Å². The van der Waals surface area contributed by atoms with Gasteiger partial charge in [-0.15, -0.1) is 26.3 Å². The van der Waals surface area contributed by atoms with Gasteiger partial charge in [0.1, 0.15) is 0 Å². The van der Waals surface area contributed by atoms with E-state index in [0.29, 0.717) is 0 Å². The molecule has 0 heterocycles. The molecule has 4 bridgehead atoms. The third-order valence-electron chi connectivity index (χ3n) is 11.2. The minimum atomic E-state index is 0.788. The molecule has 0 N–H and O–H groups in total. The third-order valence-corrected chi connectivity index (χ3v) is 11.2. The van der Waals surface area contributed by atoms with Crippen LogP contribution in [0.1, 0.15) is 52.4 Å². The Kier molecular flexibility index (Phi) is 5.44. The van der Waals surface area contributed by atoms with E-state index in [-0.39, 0.29) is 0 Å². The predicted molar refractivity (Wildman–Crippen MR) is 129 cm³/mol. The van der Waals surface area contributed by atoms with Crippen molar-refractivity contribution in [2.75, 3.05) is 0 Å². The number of hydrogen-bond acceptors (Lipinski definition) is 0. The fraction of sp³-hybridized carbons (Fsp3) is 0.733. The van der Waals surface area contributed by atoms with E-state index in [1.807, 2.05) is 0 Å². The summed E-state index contributed by atoms with van der Waals surface area (Å²) in [5, 5.41) is 0. The van der Waals surface area contributed by atoms with Crippen molar-refractivity contribution in [1.29, 1.82) is 0 Å². The number of rotatable bonds is 4. The van der Waals surface area contributed by atoms with Gasteiger partial charge in [0.25, 0.3) is 0 Å². The van der Waals surface area contributed by atoms with Gasteiger partial charge in [0, 0.05) is 0 Å². The van der Waals surface area contributed by atoms with Crippen LogP contribution in [0.3, 0.4) is 0 Å². The van der Waals surface area contributed by atoms with E-state index in [1.165, 1.54) is 38.5 Å². The van der Waals surface area contributed by atoms with Crippen molar-refractivity contribution < 1.29 is 0 Å². The van der Waals surface area contributed by atoms with Crippen LogP contribution in [0, 0.1) is 82.9 Å². The summed E-state index contributed by atoms with van der Waals surface area (Å²) >= 11 is 0. The molecule has 0 heteroatoms. The van der Waals surface area contributed by atoms with Gasteiger partial charge in [-0.3, -0.25) is 0 Å². The van der Waals surface area contributed by atoms with Gasteiger partial charge in [-0.1, -0.05) is 38.2 Å². The van der Waals surface area contributed by atoms with E-state index in [1.54, 1.807) is 0 Å². The molecule has 14 atom stereocenters. The van der Waals surface area contributed by atoms with Crippen LogP contribution in [0.4, 0.5) is 0 Å². The van der Waals surface area contributed by atoms with E-state index in [0.717, 1.165) is 82.9 Å². The molecule has 6 rings (SSSR count). The van der Waals surface area contributed by atoms with Crippen molar-refractivity contribution in [3.05, 3.63) is 50.6 Å². The predicted octanol–water partition coefficient (Wildman–Crippen LogP) is 7.81. The normalized spacial score (nSPS) is 56.7. The number of hydrogen-bond donors (Lipinski definition) is 0. The van der Waals surface area contributed by atoms with Gasteiger partial charge >= 0.3 is 0 Å². The molecule has 6 aliphatic carbocycles. The van der Waals surface area contributed by atoms with Crippen LogP contribution in [0.5, 0.6) is 0 Å². The Morgan fingerprint density at radius 3 is 1.13 bits per heavy atom. The average molecular weight is 405 g/mol. The fourth-order valence-electron chi connectivity index (χ4n) is 10.3. The van der Waals surface area contributed by atoms with E-state index >= 15 is 0 Å². The fourth-order valence-corrected chi connectivity index (χ4v) is 10.3. The summed E-state index contributed by atoms with van der Waals surface area (Å²) in [5.74, 6) is 13.0. The Labute approximate surface area is 186 Å². The van der Waals surface area contributed by atoms with Crippen LogP contribution in [0.25, 0.3) is 0 Å². The zero-order chi connectivity index (χ0) is 21.2. The van der Waals surface area contributed by atoms with Crippen LogP contribution in [-0.2, 0) is 0 Å². The molecule has 6 fully saturated rings. The zero-order valence-electron chi connectivity index (χ0n) is 19.5. The highest BCUT2D eigenvalue weighted by Crippen LogP contribution is 2.65. The van der Waals surface area contributed by atoms with Gasteiger partial charge in [0.15, 0.2) is 0 Å². The molecular formula is C30H44. The van der Waals surface area contributed by atoms with Crippen molar-refractivity contribution in [2.24, 2.45) is 82.9 Å². The highest BCUT2D eigenvalue weighted by atomic mass is 14.6. The second-order valence-electron chi connectivity index (χ2n) is 12.1. The maximum atomic E-state index is 4.05. The highest BCUT2D eigenvalue weighted by Gasteiger charge is 2.59. The molecule has 0 amide bonds. The zero-order valence-corrected chi connectivity index (χ0v) is 19.5. The molecule has 0 nitrogen and oxygen atoms in total. The molecule has 0 aliphatic heterocycles. The van der Waals surface area contributed by atoms with Crippen LogP contribution in [0.15, 0.2) is 50.6 Å². The van der Waals surface area contributed by atoms with Gasteiger partial charge < -0.3 is 0 Å². The first-order valence-electron chi connectivity index (χ1n) is 13.0. The van der Waals surface area contributed by atoms with Crippen molar-refractivity contribution in [1.82, 2.24) is 0 Å². The quantitative estimate of drug-likeness (QED) is 0.419. The molecule has 30 heavy (non-hydrogen) atoms. The Balaban J connectivity index is 0.000000128. The molecule has 164 valence electrons. The summed E-state index contributed by atoms with van der Waals surface area (Å²) in [7, 11) is 0. The van der Waals surface area contributed by atoms with E-state index in [4.69, 9.17) is 0 Å². The summed E-state index contributed by atoms with van der Waals surface area (Å²) in [6.07, 6.45) is 17.6. The maximum absolute atomic E-state index is 4.05. The monoisotopic (exact) mass is 404 g/mol. The SMILES string of the molecule is C=CC1CC(C=C)C2C3CC(CC3C)C12.C=CC1CC(C=C)C2C3CC(CC3C)C12. The Morgan fingerprint density at radius 1 is 0.467 bits per heavy atom. The molecule has 0 aromatic rings. The highest BCUT2D eigenvalue weighted by molar-refractivity contribution is 5.14. The van der Waals surface area contributed by atoms with Crippen molar-refractivity contribution >= 4 is 0 Å². The summed E-state index contributed by atoms with van der Waals surface area (Å²) in [4.78, 5) is 0. The molecule has 0 aromatic heterocycles. The molecule has 0 radical (unpaired) electrons. The minimum absolute atomic E-state index is 0.788. The van der Waals surface area contributed by atoms with Crippen LogP contribution >= 0.6 is 0 Å². The standard InChI is InChI=1S/2C15H22/c2*1-4-10-7-11(5-2)15-13-8-12(14(10)15)6-9(13)3/h2*4-5,9-15H,1-2,6-8H2,3H3. The molecule has 6 aliphatic rings. The van der Waals surface area contributed by atoms with E-state index < -0.39 is 0 Å². The minimum Gasteiger partial charge on any atom is -0.103 e. The summed E-state index contributed by atoms with van der Waals surface area (Å²) in [5.41, 5.74) is 0. The number of fused-ring (bicyclic) bond motifs is 10. The second-order valence-corrected chi connectivity index (χ2v) is 12.1. The second kappa shape index (κ2) is 7.83. The van der Waals surface area contributed by atoms with Gasteiger partial charge in [0.2, 0.25) is 0 Å². The molecule has 6 saturated carbocycles. The number of allylic oxidation sites excluding steroid dienone is 4. The van der Waals surface area contributed by atoms with Gasteiger partial charge in [-0.25, -0.2) is 0 Å². The average Bonchev–Trinajstić information content (AvgIpc) is 3.54. The Hall–Kier alpha value is -1.04. The van der Waals surface area contributed by atoms with Crippen molar-refractivity contribution in [3.8, 4) is 0 Å². The Bertz CT molecular complexity index is 641. The first-order valence-corrected chi connectivity index (χ1v) is 13.0. The summed E-state index contributed by atoms with van der Waals surface area (Å²) in [6, 6.07) is 0. The topological polar surface area (TPSA) is 0 Å². The van der Waals surface area contributed by atoms with Crippen LogP contribution < -0.4 is 0 Å². The lowest BCUT2D eigenvalue weighted by atomic mass is 9.72. The summed E-state index contributed by atoms with van der Waals surface area (Å²) in [6.45, 7) is 21.1. The first-order chi connectivity index (χ1) is 14.5. The lowest BCUT2D eigenvalue weighted by Crippen LogP contribution is -2.27. The van der Waals surface area contributed by atoms with Crippen molar-refractivity contribution in [2.45, 2.75) is 52.4 Å². The van der Waals surface area contributed by atoms with E-state index in [2.05, 4.69) is 64.5 Å². The molecule has 0 spiro atoms. The van der Waals surface area contributed by atoms with Gasteiger partial charge in [0.05, 0.1) is 0 Å². The Morgan fingerprint density at radius 2 is 0.800 bits per heavy atom. The molecule has 14 unspecified atom stereocenters. The van der Waals surface area contributed by atoms with Crippen LogP contribution in [0.2, 0.25) is 0 Å².